The Morgan fingerprint density at radius 2 is 1.06 bits per heavy atom. The number of fused-ring (bicyclic) bond motifs is 12. The Balaban J connectivity index is 0.905. The summed E-state index contributed by atoms with van der Waals surface area (Å²) in [5.41, 5.74) is 0.110. The molecular formula is C43H51N7O10S5. The van der Waals surface area contributed by atoms with Gasteiger partial charge in [0.1, 0.15) is 31.5 Å². The molecule has 2 aromatic rings. The lowest BCUT2D eigenvalue weighted by molar-refractivity contribution is -0.152. The van der Waals surface area contributed by atoms with Crippen LogP contribution in [0.1, 0.15) is 64.5 Å². The van der Waals surface area contributed by atoms with Crippen molar-refractivity contribution in [2.75, 3.05) is 30.0 Å². The molecule has 10 unspecified atom stereocenters. The average molecular weight is 986 g/mol. The summed E-state index contributed by atoms with van der Waals surface area (Å²) in [4.78, 5) is 59.6. The van der Waals surface area contributed by atoms with Crippen LogP contribution in [0.4, 0.5) is 10.0 Å². The average Bonchev–Trinajstić information content (AvgIpc) is 4.07. The number of amides is 2. The first kappa shape index (κ1) is 44.7. The van der Waals surface area contributed by atoms with Crippen molar-refractivity contribution in [1.82, 2.24) is 14.1 Å². The molecule has 4 fully saturated rings. The zero-order chi connectivity index (χ0) is 46.2. The van der Waals surface area contributed by atoms with Crippen molar-refractivity contribution in [3.05, 3.63) is 46.2 Å². The fourth-order valence-corrected chi connectivity index (χ4v) is 17.5. The molecule has 10 rings (SSSR count). The van der Waals surface area contributed by atoms with Crippen molar-refractivity contribution >= 4 is 97.8 Å². The van der Waals surface area contributed by atoms with E-state index >= 15 is 0 Å². The minimum Gasteiger partial charge on any atom is -0.337 e. The van der Waals surface area contributed by atoms with Crippen molar-refractivity contribution in [2.45, 2.75) is 88.3 Å². The van der Waals surface area contributed by atoms with Gasteiger partial charge in [-0.1, -0.05) is 52.0 Å². The van der Waals surface area contributed by atoms with Crippen LogP contribution in [0.15, 0.2) is 53.7 Å². The molecule has 65 heavy (non-hydrogen) atoms. The second kappa shape index (κ2) is 15.7. The summed E-state index contributed by atoms with van der Waals surface area (Å²) < 4.78 is 92.2. The molecule has 0 aromatic carbocycles. The van der Waals surface area contributed by atoms with Crippen molar-refractivity contribution in [3.8, 4) is 0 Å². The summed E-state index contributed by atoms with van der Waals surface area (Å²) in [6.45, 7) is 8.03. The van der Waals surface area contributed by atoms with Gasteiger partial charge in [-0.15, -0.1) is 31.5 Å². The number of allylic oxidation sites excluding steroid dienone is 2. The number of amidine groups is 2. The Morgan fingerprint density at radius 1 is 0.677 bits per heavy atom. The van der Waals surface area contributed by atoms with E-state index in [1.165, 1.54) is 10.8 Å². The number of hydrogen-bond donors (Lipinski definition) is 2. The van der Waals surface area contributed by atoms with Crippen LogP contribution in [0.5, 0.6) is 0 Å². The normalized spacial score (nSPS) is 32.5. The smallest absolute Gasteiger partial charge is 0.287 e. The molecule has 17 nitrogen and oxygen atoms in total. The predicted octanol–water partition coefficient (Wildman–Crippen LogP) is 4.33. The number of Topliss-reactive ketones (excluding diaryl/α,β-unsaturated/α-hetero) is 2. The second-order valence-corrected chi connectivity index (χ2v) is 26.4. The SMILES string of the molecule is CC(C)CCN1C(=O)C(C2=NS(=O)(=O)c3c(CN(Cc4csc5c4S(=O)(=O)N=C(C4C(=O)C6C7C=CC(C7)C6N(CCC(C)C)C4=O)N5)S(C)(=O)=O)csc3N2)C(=O)C2C3C=CC(C3)C21. The number of hydrogen-bond acceptors (Lipinski definition) is 14. The Kier molecular flexibility index (Phi) is 10.8. The number of carbonyl (C=O) groups is 4. The number of nitrogens with zero attached hydrogens (tertiary/aromatic N) is 5. The standard InChI is InChI=1S/C43H51N7O10S5/c1-20(2)10-12-49-32-24-8-6-22(14-24)28(32)34(51)30(42(49)53)38-44-40-36(64(57,58)46-38)26(18-61-40)16-48(63(5,55)56)17-27-19-62-41-37(27)65(59,60)47-39(45-41)31-35(52)29-23-7-9-25(15-23)33(29)50(43(31)54)13-11-21(3)4/h6-9,18-25,28-33H,10-17H2,1-5H3,(H,44,46)(H,45,47). The molecule has 4 aliphatic carbocycles. The van der Waals surface area contributed by atoms with E-state index in [-0.39, 0.29) is 102 Å². The largest absolute Gasteiger partial charge is 0.337 e. The monoisotopic (exact) mass is 985 g/mol. The van der Waals surface area contributed by atoms with E-state index in [0.717, 1.165) is 46.1 Å². The number of ketones is 2. The summed E-state index contributed by atoms with van der Waals surface area (Å²) in [5, 5.41) is 9.01. The van der Waals surface area contributed by atoms with Gasteiger partial charge in [-0.25, -0.2) is 8.42 Å². The lowest BCUT2D eigenvalue weighted by Crippen LogP contribution is -2.61. The fourth-order valence-electron chi connectivity index (χ4n) is 11.5. The van der Waals surface area contributed by atoms with Gasteiger partial charge >= 0.3 is 0 Å². The fraction of sp³-hybridized carbons (Fsp3) is 0.581. The maximum atomic E-state index is 14.2. The van der Waals surface area contributed by atoms with E-state index in [4.69, 9.17) is 0 Å². The summed E-state index contributed by atoms with van der Waals surface area (Å²) >= 11 is 1.92. The Hall–Kier alpha value is -4.09. The minimum absolute atomic E-state index is 0.0536. The number of thiophene rings is 2. The summed E-state index contributed by atoms with van der Waals surface area (Å²) in [7, 11) is -13.3. The molecule has 4 bridgehead atoms. The van der Waals surface area contributed by atoms with E-state index in [1.54, 1.807) is 9.80 Å². The van der Waals surface area contributed by atoms with Crippen molar-refractivity contribution in [2.24, 2.45) is 68.0 Å². The van der Waals surface area contributed by atoms with Gasteiger partial charge in [-0.2, -0.15) is 21.1 Å². The van der Waals surface area contributed by atoms with Gasteiger partial charge in [0.25, 0.3) is 20.0 Å². The predicted molar refractivity (Wildman–Crippen MR) is 245 cm³/mol. The molecule has 8 aliphatic rings. The third-order valence-electron chi connectivity index (χ3n) is 14.5. The summed E-state index contributed by atoms with van der Waals surface area (Å²) in [6, 6.07) is -0.577. The van der Waals surface area contributed by atoms with E-state index in [0.29, 0.717) is 25.9 Å². The van der Waals surface area contributed by atoms with Crippen molar-refractivity contribution < 1.29 is 44.4 Å². The van der Waals surface area contributed by atoms with E-state index in [1.807, 2.05) is 39.8 Å². The molecule has 2 aromatic heterocycles. The molecule has 4 aliphatic heterocycles. The summed E-state index contributed by atoms with van der Waals surface area (Å²) in [6.07, 6.45) is 12.0. The van der Waals surface area contributed by atoms with Crippen LogP contribution in [0.3, 0.4) is 0 Å². The number of likely N-dealkylation sites (tertiary alicyclic amines) is 2. The van der Waals surface area contributed by atoms with Crippen LogP contribution in [0, 0.1) is 59.2 Å². The highest BCUT2D eigenvalue weighted by Gasteiger charge is 2.61. The molecule has 348 valence electrons. The Labute approximate surface area is 386 Å². The van der Waals surface area contributed by atoms with Gasteiger partial charge in [0.2, 0.25) is 21.8 Å². The Bertz CT molecular complexity index is 2720. The number of rotatable bonds is 13. The van der Waals surface area contributed by atoms with Crippen LogP contribution < -0.4 is 10.6 Å². The lowest BCUT2D eigenvalue weighted by Gasteiger charge is -2.44. The van der Waals surface area contributed by atoms with E-state index in [9.17, 15) is 44.4 Å². The van der Waals surface area contributed by atoms with Gasteiger partial charge in [-0.3, -0.25) is 19.2 Å². The van der Waals surface area contributed by atoms with E-state index < -0.39 is 78.6 Å². The van der Waals surface area contributed by atoms with Crippen LogP contribution in [-0.4, -0.2) is 106 Å². The maximum absolute atomic E-state index is 14.2. The van der Waals surface area contributed by atoms with Crippen molar-refractivity contribution in [1.29, 1.82) is 0 Å². The first-order valence-corrected chi connectivity index (χ1v) is 28.6. The zero-order valence-electron chi connectivity index (χ0n) is 36.4. The van der Waals surface area contributed by atoms with Gasteiger partial charge in [0, 0.05) is 61.2 Å². The van der Waals surface area contributed by atoms with Crippen LogP contribution in [-0.2, 0) is 62.3 Å². The van der Waals surface area contributed by atoms with Gasteiger partial charge in [0.05, 0.1) is 6.26 Å². The summed E-state index contributed by atoms with van der Waals surface area (Å²) in [5.74, 6) is -5.59. The number of piperidine rings is 2. The highest BCUT2D eigenvalue weighted by molar-refractivity contribution is 7.91. The maximum Gasteiger partial charge on any atom is 0.287 e. The highest BCUT2D eigenvalue weighted by Crippen LogP contribution is 2.52. The van der Waals surface area contributed by atoms with Crippen molar-refractivity contribution in [3.63, 3.8) is 0 Å². The molecule has 2 N–H and O–H groups in total. The number of sulfonamides is 3. The van der Waals surface area contributed by atoms with Crippen LogP contribution >= 0.6 is 22.7 Å². The quantitative estimate of drug-likeness (QED) is 0.211. The molecular weight excluding hydrogens is 935 g/mol. The van der Waals surface area contributed by atoms with Gasteiger partial charge in [-0.05, 0) is 72.0 Å². The van der Waals surface area contributed by atoms with Gasteiger partial charge in [0.15, 0.2) is 23.4 Å². The molecule has 0 spiro atoms. The highest BCUT2D eigenvalue weighted by atomic mass is 32.2. The topological polar surface area (TPSA) is 229 Å². The molecule has 10 atom stereocenters. The third kappa shape index (κ3) is 7.30. The van der Waals surface area contributed by atoms with Gasteiger partial charge < -0.3 is 20.4 Å². The van der Waals surface area contributed by atoms with E-state index in [2.05, 4.69) is 31.6 Å². The number of anilines is 2. The molecule has 2 amide bonds. The zero-order valence-corrected chi connectivity index (χ0v) is 40.5. The number of nitrogens with one attached hydrogen (secondary N) is 2. The lowest BCUT2D eigenvalue weighted by atomic mass is 9.75. The first-order chi connectivity index (χ1) is 30.6. The molecule has 2 saturated heterocycles. The molecule has 22 heteroatoms. The molecule has 0 radical (unpaired) electrons. The number of carbonyl (C=O) groups excluding carboxylic acids is 4. The molecule has 6 heterocycles. The van der Waals surface area contributed by atoms with Crippen LogP contribution in [0.25, 0.3) is 0 Å². The Morgan fingerprint density at radius 3 is 1.43 bits per heavy atom. The van der Waals surface area contributed by atoms with Crippen LogP contribution in [0.2, 0.25) is 0 Å². The second-order valence-electron chi connectivity index (χ2n) is 19.6. The molecule has 2 saturated carbocycles. The third-order valence-corrected chi connectivity index (χ3v) is 20.7. The minimum atomic E-state index is -4.59. The first-order valence-electron chi connectivity index (χ1n) is 22.1.